The van der Waals surface area contributed by atoms with E-state index in [9.17, 15) is 13.2 Å². The molecule has 1 fully saturated rings. The maximum absolute atomic E-state index is 12.4. The molecule has 1 aromatic carbocycles. The lowest BCUT2D eigenvalue weighted by atomic mass is 10.0. The molecule has 1 aliphatic heterocycles. The van der Waals surface area contributed by atoms with Gasteiger partial charge in [-0.1, -0.05) is 37.3 Å². The first-order valence-electron chi connectivity index (χ1n) is 7.74. The van der Waals surface area contributed by atoms with E-state index in [4.69, 9.17) is 0 Å². The molecule has 0 aromatic heterocycles. The SMILES string of the molecule is C[C@@H]1CCCN(S(=O)(=O)N[C@@H](C)CC(=O)c2ccccc2)C1. The van der Waals surface area contributed by atoms with Crippen molar-refractivity contribution in [2.45, 2.75) is 39.2 Å². The third-order valence-corrected chi connectivity index (χ3v) is 5.61. The summed E-state index contributed by atoms with van der Waals surface area (Å²) in [6.07, 6.45) is 2.11. The second-order valence-electron chi connectivity index (χ2n) is 6.12. The molecule has 22 heavy (non-hydrogen) atoms. The van der Waals surface area contributed by atoms with Crippen LogP contribution in [0.5, 0.6) is 0 Å². The van der Waals surface area contributed by atoms with Crippen LogP contribution < -0.4 is 4.72 Å². The van der Waals surface area contributed by atoms with Crippen LogP contribution in [0.3, 0.4) is 0 Å². The second kappa shape index (κ2) is 7.35. The first-order chi connectivity index (χ1) is 10.4. The smallest absolute Gasteiger partial charge is 0.279 e. The minimum atomic E-state index is -3.51. The first-order valence-corrected chi connectivity index (χ1v) is 9.18. The fourth-order valence-corrected chi connectivity index (χ4v) is 4.32. The topological polar surface area (TPSA) is 66.5 Å². The summed E-state index contributed by atoms with van der Waals surface area (Å²) in [5, 5.41) is 0. The fourth-order valence-electron chi connectivity index (χ4n) is 2.76. The normalized spacial score (nSPS) is 21.5. The second-order valence-corrected chi connectivity index (χ2v) is 7.82. The van der Waals surface area contributed by atoms with Crippen molar-refractivity contribution < 1.29 is 13.2 Å². The lowest BCUT2D eigenvalue weighted by Crippen LogP contribution is -2.48. The van der Waals surface area contributed by atoms with Crippen molar-refractivity contribution in [2.24, 2.45) is 5.92 Å². The van der Waals surface area contributed by atoms with Crippen molar-refractivity contribution >= 4 is 16.0 Å². The molecule has 2 rings (SSSR count). The molecule has 0 aliphatic carbocycles. The van der Waals surface area contributed by atoms with Crippen LogP contribution in [0.2, 0.25) is 0 Å². The molecule has 0 amide bonds. The summed E-state index contributed by atoms with van der Waals surface area (Å²) in [7, 11) is -3.51. The molecule has 1 saturated heterocycles. The van der Waals surface area contributed by atoms with Crippen LogP contribution in [0.25, 0.3) is 0 Å². The highest BCUT2D eigenvalue weighted by atomic mass is 32.2. The summed E-state index contributed by atoms with van der Waals surface area (Å²) in [6, 6.07) is 8.52. The zero-order chi connectivity index (χ0) is 16.2. The molecule has 122 valence electrons. The largest absolute Gasteiger partial charge is 0.294 e. The maximum Gasteiger partial charge on any atom is 0.279 e. The van der Waals surface area contributed by atoms with Crippen LogP contribution >= 0.6 is 0 Å². The first kappa shape index (κ1) is 17.1. The van der Waals surface area contributed by atoms with Gasteiger partial charge < -0.3 is 0 Å². The molecule has 0 bridgehead atoms. The molecule has 0 unspecified atom stereocenters. The minimum Gasteiger partial charge on any atom is -0.294 e. The molecule has 0 radical (unpaired) electrons. The van der Waals surface area contributed by atoms with E-state index < -0.39 is 16.3 Å². The molecule has 6 heteroatoms. The number of rotatable bonds is 6. The Hall–Kier alpha value is -1.24. The minimum absolute atomic E-state index is 0.0530. The van der Waals surface area contributed by atoms with Crippen LogP contribution in [0, 0.1) is 5.92 Å². The van der Waals surface area contributed by atoms with E-state index in [1.807, 2.05) is 6.07 Å². The number of carbonyl (C=O) groups is 1. The molecule has 0 spiro atoms. The van der Waals surface area contributed by atoms with Crippen molar-refractivity contribution in [3.63, 3.8) is 0 Å². The number of carbonyl (C=O) groups excluding carboxylic acids is 1. The van der Waals surface area contributed by atoms with Gasteiger partial charge in [0, 0.05) is 31.1 Å². The predicted octanol–water partition coefficient (Wildman–Crippen LogP) is 2.21. The van der Waals surface area contributed by atoms with Gasteiger partial charge in [0.2, 0.25) is 0 Å². The number of piperidine rings is 1. The molecule has 1 N–H and O–H groups in total. The lowest BCUT2D eigenvalue weighted by molar-refractivity contribution is 0.0974. The Morgan fingerprint density at radius 3 is 2.68 bits per heavy atom. The summed E-state index contributed by atoms with van der Waals surface area (Å²) in [6.45, 7) is 4.89. The number of nitrogens with zero attached hydrogens (tertiary/aromatic N) is 1. The number of hydrogen-bond donors (Lipinski definition) is 1. The van der Waals surface area contributed by atoms with Gasteiger partial charge in [-0.05, 0) is 25.7 Å². The van der Waals surface area contributed by atoms with Gasteiger partial charge in [-0.25, -0.2) is 0 Å². The van der Waals surface area contributed by atoms with Crippen molar-refractivity contribution in [1.82, 2.24) is 9.03 Å². The molecular weight excluding hydrogens is 300 g/mol. The van der Waals surface area contributed by atoms with Gasteiger partial charge in [0.1, 0.15) is 0 Å². The molecule has 1 aliphatic rings. The molecule has 5 nitrogen and oxygen atoms in total. The van der Waals surface area contributed by atoms with Crippen LogP contribution in [0.15, 0.2) is 30.3 Å². The van der Waals surface area contributed by atoms with E-state index in [0.717, 1.165) is 12.8 Å². The Kier molecular flexibility index (Phi) is 5.72. The summed E-state index contributed by atoms with van der Waals surface area (Å²) in [5.74, 6) is 0.328. The Morgan fingerprint density at radius 1 is 1.36 bits per heavy atom. The van der Waals surface area contributed by atoms with Gasteiger partial charge in [-0.2, -0.15) is 17.4 Å². The van der Waals surface area contributed by atoms with Crippen molar-refractivity contribution in [3.05, 3.63) is 35.9 Å². The zero-order valence-electron chi connectivity index (χ0n) is 13.2. The van der Waals surface area contributed by atoms with Crippen LogP contribution in [-0.2, 0) is 10.2 Å². The van der Waals surface area contributed by atoms with E-state index in [-0.39, 0.29) is 12.2 Å². The third-order valence-electron chi connectivity index (χ3n) is 3.90. The number of Topliss-reactive ketones (excluding diaryl/α,β-unsaturated/α-hetero) is 1. The Morgan fingerprint density at radius 2 is 2.05 bits per heavy atom. The monoisotopic (exact) mass is 324 g/mol. The molecule has 1 aromatic rings. The summed E-state index contributed by atoms with van der Waals surface area (Å²) in [4.78, 5) is 12.1. The van der Waals surface area contributed by atoms with Crippen LogP contribution in [0.4, 0.5) is 0 Å². The third kappa shape index (κ3) is 4.63. The molecule has 2 atom stereocenters. The molecule has 0 saturated carbocycles. The van der Waals surface area contributed by atoms with Crippen LogP contribution in [-0.4, -0.2) is 37.6 Å². The van der Waals surface area contributed by atoms with Gasteiger partial charge in [-0.15, -0.1) is 0 Å². The standard InChI is InChI=1S/C16H24N2O3S/c1-13-7-6-10-18(12-13)22(20,21)17-14(2)11-16(19)15-8-4-3-5-9-15/h3-5,8-9,13-14,17H,6-7,10-12H2,1-2H3/t13-,14+/m1/s1. The summed E-state index contributed by atoms with van der Waals surface area (Å²) in [5.41, 5.74) is 0.611. The van der Waals surface area contributed by atoms with Gasteiger partial charge in [0.05, 0.1) is 0 Å². The fraction of sp³-hybridized carbons (Fsp3) is 0.562. The zero-order valence-corrected chi connectivity index (χ0v) is 14.0. The molecule has 1 heterocycles. The van der Waals surface area contributed by atoms with Crippen molar-refractivity contribution in [2.75, 3.05) is 13.1 Å². The Balaban J connectivity index is 1.93. The van der Waals surface area contributed by atoms with E-state index in [1.54, 1.807) is 31.2 Å². The lowest BCUT2D eigenvalue weighted by Gasteiger charge is -2.31. The van der Waals surface area contributed by atoms with Gasteiger partial charge >= 0.3 is 0 Å². The van der Waals surface area contributed by atoms with Crippen molar-refractivity contribution in [3.8, 4) is 0 Å². The number of ketones is 1. The number of benzene rings is 1. The predicted molar refractivity (Wildman–Crippen MR) is 86.9 cm³/mol. The van der Waals surface area contributed by atoms with Crippen LogP contribution in [0.1, 0.15) is 43.5 Å². The number of hydrogen-bond acceptors (Lipinski definition) is 3. The average molecular weight is 324 g/mol. The highest BCUT2D eigenvalue weighted by molar-refractivity contribution is 7.87. The van der Waals surface area contributed by atoms with E-state index in [2.05, 4.69) is 11.6 Å². The number of nitrogens with one attached hydrogen (secondary N) is 1. The Labute approximate surface area is 132 Å². The average Bonchev–Trinajstić information content (AvgIpc) is 2.47. The molecular formula is C16H24N2O3S. The quantitative estimate of drug-likeness (QED) is 0.816. The van der Waals surface area contributed by atoms with E-state index in [1.165, 1.54) is 4.31 Å². The summed E-state index contributed by atoms with van der Waals surface area (Å²) >= 11 is 0. The highest BCUT2D eigenvalue weighted by Gasteiger charge is 2.28. The van der Waals surface area contributed by atoms with Gasteiger partial charge in [0.25, 0.3) is 10.2 Å². The highest BCUT2D eigenvalue weighted by Crippen LogP contribution is 2.18. The van der Waals surface area contributed by atoms with E-state index >= 15 is 0 Å². The van der Waals surface area contributed by atoms with Gasteiger partial charge in [0.15, 0.2) is 5.78 Å². The van der Waals surface area contributed by atoms with Crippen molar-refractivity contribution in [1.29, 1.82) is 0 Å². The maximum atomic E-state index is 12.4. The van der Waals surface area contributed by atoms with Gasteiger partial charge in [-0.3, -0.25) is 4.79 Å². The van der Waals surface area contributed by atoms with E-state index in [0.29, 0.717) is 24.6 Å². The Bertz CT molecular complexity index is 601. The summed E-state index contributed by atoms with van der Waals surface area (Å²) < 4.78 is 28.8.